The van der Waals surface area contributed by atoms with Gasteiger partial charge in [0, 0.05) is 12.5 Å². The monoisotopic (exact) mass is 372 g/mol. The highest BCUT2D eigenvalue weighted by Crippen LogP contribution is 2.26. The quantitative estimate of drug-likeness (QED) is 0.506. The third kappa shape index (κ3) is 5.50. The number of phenols is 2. The average Bonchev–Trinajstić information content (AvgIpc) is 2.62. The van der Waals surface area contributed by atoms with E-state index in [1.165, 1.54) is 31.4 Å². The zero-order valence-electron chi connectivity index (χ0n) is 14.9. The van der Waals surface area contributed by atoms with Crippen LogP contribution < -0.4 is 4.74 Å². The van der Waals surface area contributed by atoms with Crippen molar-refractivity contribution in [1.29, 1.82) is 0 Å². The summed E-state index contributed by atoms with van der Waals surface area (Å²) < 4.78 is 9.94. The molecule has 0 heterocycles. The van der Waals surface area contributed by atoms with Crippen molar-refractivity contribution >= 4 is 18.0 Å². The van der Waals surface area contributed by atoms with Crippen molar-refractivity contribution in [3.8, 4) is 17.2 Å². The van der Waals surface area contributed by atoms with E-state index < -0.39 is 18.0 Å². The normalized spacial score (nSPS) is 11.9. The first-order valence-corrected chi connectivity index (χ1v) is 8.07. The topological polar surface area (TPSA) is 113 Å². The highest BCUT2D eigenvalue weighted by atomic mass is 16.6. The predicted molar refractivity (Wildman–Crippen MR) is 97.8 cm³/mol. The van der Waals surface area contributed by atoms with Gasteiger partial charge in [-0.1, -0.05) is 18.2 Å². The molecule has 0 aliphatic carbocycles. The molecule has 1 atom stereocenters. The van der Waals surface area contributed by atoms with E-state index in [9.17, 15) is 24.9 Å². The van der Waals surface area contributed by atoms with Gasteiger partial charge in [-0.2, -0.15) is 0 Å². The van der Waals surface area contributed by atoms with Crippen LogP contribution in [0.25, 0.3) is 6.08 Å². The molecule has 0 aliphatic heterocycles. The van der Waals surface area contributed by atoms with Crippen molar-refractivity contribution in [2.45, 2.75) is 19.4 Å². The smallest absolute Gasteiger partial charge is 0.345 e. The summed E-state index contributed by atoms with van der Waals surface area (Å²) in [5, 5.41) is 28.5. The molecule has 0 radical (unpaired) electrons. The van der Waals surface area contributed by atoms with Crippen molar-refractivity contribution in [3.05, 3.63) is 59.2 Å². The lowest BCUT2D eigenvalue weighted by Gasteiger charge is -2.13. The molecule has 0 bridgehead atoms. The molecule has 2 rings (SSSR count). The van der Waals surface area contributed by atoms with Gasteiger partial charge >= 0.3 is 11.9 Å². The van der Waals surface area contributed by atoms with Gasteiger partial charge in [0.1, 0.15) is 5.75 Å². The maximum absolute atomic E-state index is 12.0. The number of rotatable bonds is 7. The number of hydrogen-bond donors (Lipinski definition) is 3. The van der Waals surface area contributed by atoms with Gasteiger partial charge in [0.2, 0.25) is 6.10 Å². The molecule has 0 amide bonds. The molecule has 0 aliphatic rings. The fourth-order valence-corrected chi connectivity index (χ4v) is 2.39. The van der Waals surface area contributed by atoms with Gasteiger partial charge in [0.15, 0.2) is 11.5 Å². The van der Waals surface area contributed by atoms with Gasteiger partial charge in [-0.3, -0.25) is 0 Å². The van der Waals surface area contributed by atoms with Crippen LogP contribution in [0.1, 0.15) is 16.7 Å². The lowest BCUT2D eigenvalue weighted by atomic mass is 10.0. The summed E-state index contributed by atoms with van der Waals surface area (Å²) in [6.45, 7) is 1.69. The molecule has 27 heavy (non-hydrogen) atoms. The molecule has 0 aromatic heterocycles. The second kappa shape index (κ2) is 8.75. The van der Waals surface area contributed by atoms with E-state index in [-0.39, 0.29) is 17.9 Å². The van der Waals surface area contributed by atoms with E-state index in [4.69, 9.17) is 9.47 Å². The average molecular weight is 372 g/mol. The van der Waals surface area contributed by atoms with Crippen molar-refractivity contribution in [1.82, 2.24) is 0 Å². The first-order valence-electron chi connectivity index (χ1n) is 8.07. The number of carbonyl (C=O) groups excluding carboxylic acids is 1. The van der Waals surface area contributed by atoms with Crippen LogP contribution in [0, 0.1) is 6.92 Å². The Kier molecular flexibility index (Phi) is 6.43. The third-order valence-corrected chi connectivity index (χ3v) is 3.83. The minimum absolute atomic E-state index is 0.0284. The van der Waals surface area contributed by atoms with Crippen molar-refractivity contribution in [2.24, 2.45) is 0 Å². The number of benzene rings is 2. The molecule has 7 nitrogen and oxygen atoms in total. The van der Waals surface area contributed by atoms with Gasteiger partial charge in [-0.05, 0) is 47.9 Å². The van der Waals surface area contributed by atoms with Crippen molar-refractivity contribution in [3.63, 3.8) is 0 Å². The third-order valence-electron chi connectivity index (χ3n) is 3.83. The van der Waals surface area contributed by atoms with E-state index in [0.29, 0.717) is 22.4 Å². The molecule has 3 N–H and O–H groups in total. The van der Waals surface area contributed by atoms with Gasteiger partial charge in [-0.25, -0.2) is 9.59 Å². The number of carboxylic acids is 1. The number of esters is 1. The molecular weight excluding hydrogens is 352 g/mol. The molecule has 2 aromatic carbocycles. The van der Waals surface area contributed by atoms with E-state index in [2.05, 4.69) is 0 Å². The number of aliphatic carboxylic acids is 1. The number of aromatic hydroxyl groups is 2. The number of aryl methyl sites for hydroxylation is 1. The minimum atomic E-state index is -1.37. The number of carbonyl (C=O) groups is 2. The Bertz CT molecular complexity index is 871. The van der Waals surface area contributed by atoms with E-state index >= 15 is 0 Å². The van der Waals surface area contributed by atoms with Crippen LogP contribution in [-0.4, -0.2) is 40.5 Å². The SMILES string of the molecule is COc1ccc(/C=C/C(=O)OC(Cc2ccc(O)c(C)c2)C(=O)O)cc1O. The van der Waals surface area contributed by atoms with Crippen molar-refractivity contribution < 1.29 is 34.4 Å². The second-order valence-electron chi connectivity index (χ2n) is 5.85. The second-order valence-corrected chi connectivity index (χ2v) is 5.85. The first-order chi connectivity index (χ1) is 12.8. The van der Waals surface area contributed by atoms with Crippen molar-refractivity contribution in [2.75, 3.05) is 7.11 Å². The van der Waals surface area contributed by atoms with Crippen LogP contribution in [0.15, 0.2) is 42.5 Å². The number of hydrogen-bond acceptors (Lipinski definition) is 6. The number of ether oxygens (including phenoxy) is 2. The van der Waals surface area contributed by atoms with Crippen LogP contribution in [0.3, 0.4) is 0 Å². The van der Waals surface area contributed by atoms with Gasteiger partial charge in [0.05, 0.1) is 7.11 Å². The zero-order chi connectivity index (χ0) is 20.0. The Balaban J connectivity index is 2.04. The molecule has 1 unspecified atom stereocenters. The van der Waals surface area contributed by atoms with E-state index in [0.717, 1.165) is 6.08 Å². The minimum Gasteiger partial charge on any atom is -0.508 e. The van der Waals surface area contributed by atoms with Crippen LogP contribution in [0.5, 0.6) is 17.2 Å². The molecule has 142 valence electrons. The Labute approximate surface area is 156 Å². The fraction of sp³-hybridized carbons (Fsp3) is 0.200. The molecule has 0 spiro atoms. The number of carboxylic acid groups (broad SMARTS) is 1. The highest BCUT2D eigenvalue weighted by Gasteiger charge is 2.22. The Morgan fingerprint density at radius 1 is 1.11 bits per heavy atom. The fourth-order valence-electron chi connectivity index (χ4n) is 2.39. The molecule has 0 saturated heterocycles. The summed E-state index contributed by atoms with van der Waals surface area (Å²) in [5.74, 6) is -1.78. The summed E-state index contributed by atoms with van der Waals surface area (Å²) in [6, 6.07) is 9.22. The molecule has 0 saturated carbocycles. The summed E-state index contributed by atoms with van der Waals surface area (Å²) in [4.78, 5) is 23.3. The maximum atomic E-state index is 12.0. The number of phenolic OH excluding ortho intramolecular Hbond substituents is 2. The van der Waals surface area contributed by atoms with E-state index in [1.54, 1.807) is 25.1 Å². The molecule has 0 fully saturated rings. The summed E-state index contributed by atoms with van der Waals surface area (Å²) in [5.41, 5.74) is 1.74. The largest absolute Gasteiger partial charge is 0.508 e. The number of methoxy groups -OCH3 is 1. The van der Waals surface area contributed by atoms with Crippen LogP contribution >= 0.6 is 0 Å². The predicted octanol–water partition coefficient (Wildman–Crippen LogP) is 2.67. The first kappa shape index (κ1) is 19.8. The Hall–Kier alpha value is -3.48. The van der Waals surface area contributed by atoms with Crippen LogP contribution in [0.4, 0.5) is 0 Å². The van der Waals surface area contributed by atoms with Gasteiger partial charge in [-0.15, -0.1) is 0 Å². The standard InChI is InChI=1S/C20H20O7/c1-12-9-14(3-6-15(12)21)11-18(20(24)25)27-19(23)8-5-13-4-7-17(26-2)16(22)10-13/h3-10,18,21-22H,11H2,1-2H3,(H,24,25)/b8-5+. The van der Waals surface area contributed by atoms with Gasteiger partial charge < -0.3 is 24.8 Å². The van der Waals surface area contributed by atoms with Gasteiger partial charge in [0.25, 0.3) is 0 Å². The zero-order valence-corrected chi connectivity index (χ0v) is 14.9. The van der Waals surface area contributed by atoms with Crippen LogP contribution in [0.2, 0.25) is 0 Å². The van der Waals surface area contributed by atoms with E-state index in [1.807, 2.05) is 0 Å². The molecule has 7 heteroatoms. The lowest BCUT2D eigenvalue weighted by molar-refractivity contribution is -0.160. The molecular formula is C20H20O7. The highest BCUT2D eigenvalue weighted by molar-refractivity contribution is 5.89. The summed E-state index contributed by atoms with van der Waals surface area (Å²) in [6.07, 6.45) is 1.08. The molecule has 2 aromatic rings. The lowest BCUT2D eigenvalue weighted by Crippen LogP contribution is -2.28. The maximum Gasteiger partial charge on any atom is 0.345 e. The Morgan fingerprint density at radius 2 is 1.85 bits per heavy atom. The van der Waals surface area contributed by atoms with Crippen LogP contribution in [-0.2, 0) is 20.7 Å². The Morgan fingerprint density at radius 3 is 2.44 bits per heavy atom. The summed E-state index contributed by atoms with van der Waals surface area (Å²) in [7, 11) is 1.42. The summed E-state index contributed by atoms with van der Waals surface area (Å²) >= 11 is 0.